The third kappa shape index (κ3) is 3.42. The first-order valence-corrected chi connectivity index (χ1v) is 7.63. The second kappa shape index (κ2) is 6.56. The zero-order chi connectivity index (χ0) is 15.4. The minimum absolute atomic E-state index is 0.115. The van der Waals surface area contributed by atoms with Crippen LogP contribution in [0.1, 0.15) is 34.5 Å². The lowest BCUT2D eigenvalue weighted by atomic mass is 10.2. The van der Waals surface area contributed by atoms with Gasteiger partial charge in [0.15, 0.2) is 0 Å². The van der Waals surface area contributed by atoms with Crippen molar-refractivity contribution >= 4 is 11.7 Å². The number of nitrogens with one attached hydrogen (secondary N) is 1. The van der Waals surface area contributed by atoms with E-state index in [2.05, 4.69) is 20.2 Å². The maximum absolute atomic E-state index is 12.0. The molecule has 1 saturated heterocycles. The highest BCUT2D eigenvalue weighted by Gasteiger charge is 2.13. The largest absolute Gasteiger partial charge is 0.357 e. The average molecular weight is 296 g/mol. The molecule has 0 spiro atoms. The molecule has 0 saturated carbocycles. The van der Waals surface area contributed by atoms with E-state index in [9.17, 15) is 4.79 Å². The summed E-state index contributed by atoms with van der Waals surface area (Å²) in [6.07, 6.45) is 5.91. The Morgan fingerprint density at radius 2 is 1.95 bits per heavy atom. The number of hydrogen-bond donors (Lipinski definition) is 1. The van der Waals surface area contributed by atoms with Gasteiger partial charge in [0.2, 0.25) is 0 Å². The molecular weight excluding hydrogens is 276 g/mol. The molecule has 1 fully saturated rings. The van der Waals surface area contributed by atoms with Crippen molar-refractivity contribution in [1.29, 1.82) is 0 Å². The second-order valence-corrected chi connectivity index (χ2v) is 5.59. The van der Waals surface area contributed by atoms with Gasteiger partial charge in [-0.1, -0.05) is 6.07 Å². The Morgan fingerprint density at radius 3 is 2.59 bits per heavy atom. The van der Waals surface area contributed by atoms with Gasteiger partial charge < -0.3 is 10.2 Å². The smallest absolute Gasteiger partial charge is 0.253 e. The van der Waals surface area contributed by atoms with Crippen LogP contribution in [0, 0.1) is 6.92 Å². The summed E-state index contributed by atoms with van der Waals surface area (Å²) in [5.74, 6) is 0.909. The molecule has 3 heterocycles. The van der Waals surface area contributed by atoms with Gasteiger partial charge in [-0.15, -0.1) is 0 Å². The fraction of sp³-hybridized carbons (Fsp3) is 0.353. The van der Waals surface area contributed by atoms with Crippen LogP contribution in [0.5, 0.6) is 0 Å². The van der Waals surface area contributed by atoms with E-state index in [4.69, 9.17) is 0 Å². The summed E-state index contributed by atoms with van der Waals surface area (Å²) < 4.78 is 0. The number of rotatable bonds is 4. The Hall–Kier alpha value is -2.43. The molecule has 0 unspecified atom stereocenters. The van der Waals surface area contributed by atoms with Crippen molar-refractivity contribution in [3.05, 3.63) is 53.5 Å². The Balaban J connectivity index is 1.56. The normalized spacial score (nSPS) is 14.1. The first kappa shape index (κ1) is 14.5. The van der Waals surface area contributed by atoms with Crippen molar-refractivity contribution in [3.63, 3.8) is 0 Å². The third-order valence-electron chi connectivity index (χ3n) is 3.87. The lowest BCUT2D eigenvalue weighted by molar-refractivity contribution is 0.0950. The van der Waals surface area contributed by atoms with E-state index in [-0.39, 0.29) is 5.91 Å². The number of nitrogens with zero attached hydrogens (tertiary/aromatic N) is 3. The van der Waals surface area contributed by atoms with Gasteiger partial charge in [0.05, 0.1) is 5.56 Å². The van der Waals surface area contributed by atoms with Crippen LogP contribution >= 0.6 is 0 Å². The molecule has 2 aromatic heterocycles. The molecule has 0 atom stereocenters. The number of amides is 1. The number of anilines is 1. The molecule has 22 heavy (non-hydrogen) atoms. The molecule has 0 radical (unpaired) electrons. The van der Waals surface area contributed by atoms with Gasteiger partial charge in [-0.05, 0) is 43.5 Å². The monoisotopic (exact) mass is 296 g/mol. The average Bonchev–Trinajstić information content (AvgIpc) is 3.08. The van der Waals surface area contributed by atoms with Crippen LogP contribution in [-0.4, -0.2) is 29.0 Å². The molecule has 0 aromatic carbocycles. The molecule has 3 rings (SSSR count). The van der Waals surface area contributed by atoms with Crippen molar-refractivity contribution in [1.82, 2.24) is 15.3 Å². The number of pyridine rings is 2. The molecule has 1 aliphatic heterocycles. The molecule has 0 aliphatic carbocycles. The molecule has 5 nitrogen and oxygen atoms in total. The van der Waals surface area contributed by atoms with Gasteiger partial charge in [-0.25, -0.2) is 4.98 Å². The SMILES string of the molecule is Cc1ccc(C(=O)NCc2ccc(N3CCCC3)nc2)cn1. The van der Waals surface area contributed by atoms with Crippen molar-refractivity contribution in [2.45, 2.75) is 26.3 Å². The predicted octanol–water partition coefficient (Wildman–Crippen LogP) is 2.32. The summed E-state index contributed by atoms with van der Waals surface area (Å²) in [5.41, 5.74) is 2.47. The highest BCUT2D eigenvalue weighted by molar-refractivity contribution is 5.93. The summed E-state index contributed by atoms with van der Waals surface area (Å²) >= 11 is 0. The Morgan fingerprint density at radius 1 is 1.14 bits per heavy atom. The minimum Gasteiger partial charge on any atom is -0.357 e. The number of aryl methyl sites for hydroxylation is 1. The summed E-state index contributed by atoms with van der Waals surface area (Å²) in [4.78, 5) is 22.9. The molecule has 1 aliphatic rings. The van der Waals surface area contributed by atoms with Gasteiger partial charge in [0.25, 0.3) is 5.91 Å². The van der Waals surface area contributed by atoms with Crippen molar-refractivity contribution < 1.29 is 4.79 Å². The van der Waals surface area contributed by atoms with E-state index < -0.39 is 0 Å². The zero-order valence-corrected chi connectivity index (χ0v) is 12.7. The lowest BCUT2D eigenvalue weighted by Gasteiger charge is -2.16. The van der Waals surface area contributed by atoms with E-state index in [1.807, 2.05) is 31.3 Å². The Bertz CT molecular complexity index is 631. The van der Waals surface area contributed by atoms with Gasteiger partial charge in [0.1, 0.15) is 5.82 Å². The molecule has 0 bridgehead atoms. The van der Waals surface area contributed by atoms with E-state index in [1.54, 1.807) is 12.3 Å². The predicted molar refractivity (Wildman–Crippen MR) is 85.8 cm³/mol. The summed E-state index contributed by atoms with van der Waals surface area (Å²) in [6, 6.07) is 7.67. The molecule has 1 amide bonds. The van der Waals surface area contributed by atoms with Gasteiger partial charge in [-0.3, -0.25) is 9.78 Å². The number of aromatic nitrogens is 2. The summed E-state index contributed by atoms with van der Waals surface area (Å²) in [7, 11) is 0. The fourth-order valence-corrected chi connectivity index (χ4v) is 2.54. The molecule has 114 valence electrons. The lowest BCUT2D eigenvalue weighted by Crippen LogP contribution is -2.23. The van der Waals surface area contributed by atoms with Crippen molar-refractivity contribution in [2.75, 3.05) is 18.0 Å². The second-order valence-electron chi connectivity index (χ2n) is 5.59. The van der Waals surface area contributed by atoms with Crippen LogP contribution in [-0.2, 0) is 6.54 Å². The molecule has 1 N–H and O–H groups in total. The first-order chi connectivity index (χ1) is 10.7. The quantitative estimate of drug-likeness (QED) is 0.940. The van der Waals surface area contributed by atoms with Crippen LogP contribution in [0.2, 0.25) is 0 Å². The zero-order valence-electron chi connectivity index (χ0n) is 12.7. The number of carbonyl (C=O) groups is 1. The maximum Gasteiger partial charge on any atom is 0.253 e. The summed E-state index contributed by atoms with van der Waals surface area (Å²) in [6.45, 7) is 4.54. The van der Waals surface area contributed by atoms with E-state index in [0.29, 0.717) is 12.1 Å². The van der Waals surface area contributed by atoms with Gasteiger partial charge in [-0.2, -0.15) is 0 Å². The standard InChI is InChI=1S/C17H20N4O/c1-13-4-6-15(12-18-13)17(22)20-11-14-5-7-16(19-10-14)21-8-2-3-9-21/h4-7,10,12H,2-3,8-9,11H2,1H3,(H,20,22). The number of hydrogen-bond acceptors (Lipinski definition) is 4. The van der Waals surface area contributed by atoms with Crippen molar-refractivity contribution in [3.8, 4) is 0 Å². The van der Waals surface area contributed by atoms with Crippen LogP contribution in [0.15, 0.2) is 36.7 Å². The van der Waals surface area contributed by atoms with Gasteiger partial charge in [0, 0.05) is 37.7 Å². The highest BCUT2D eigenvalue weighted by atomic mass is 16.1. The Labute approximate surface area is 130 Å². The van der Waals surface area contributed by atoms with Crippen LogP contribution in [0.25, 0.3) is 0 Å². The van der Waals surface area contributed by atoms with E-state index >= 15 is 0 Å². The highest BCUT2D eigenvalue weighted by Crippen LogP contribution is 2.17. The van der Waals surface area contributed by atoms with E-state index in [0.717, 1.165) is 30.2 Å². The minimum atomic E-state index is -0.115. The molecule has 5 heteroatoms. The third-order valence-corrected chi connectivity index (χ3v) is 3.87. The Kier molecular flexibility index (Phi) is 4.32. The number of carbonyl (C=O) groups excluding carboxylic acids is 1. The maximum atomic E-state index is 12.0. The summed E-state index contributed by atoms with van der Waals surface area (Å²) in [5, 5.41) is 2.89. The first-order valence-electron chi connectivity index (χ1n) is 7.63. The topological polar surface area (TPSA) is 58.1 Å². The van der Waals surface area contributed by atoms with E-state index in [1.165, 1.54) is 12.8 Å². The fourth-order valence-electron chi connectivity index (χ4n) is 2.54. The van der Waals surface area contributed by atoms with Crippen LogP contribution < -0.4 is 10.2 Å². The molecule has 2 aromatic rings. The molecular formula is C17H20N4O. The van der Waals surface area contributed by atoms with Crippen molar-refractivity contribution in [2.24, 2.45) is 0 Å². The van der Waals surface area contributed by atoms with Crippen LogP contribution in [0.4, 0.5) is 5.82 Å². The van der Waals surface area contributed by atoms with Crippen LogP contribution in [0.3, 0.4) is 0 Å². The van der Waals surface area contributed by atoms with Gasteiger partial charge >= 0.3 is 0 Å².